The average molecular weight is 301 g/mol. The van der Waals surface area contributed by atoms with Crippen molar-refractivity contribution >= 4 is 30.1 Å². The third kappa shape index (κ3) is 6.32. The summed E-state index contributed by atoms with van der Waals surface area (Å²) in [6, 6.07) is 10.3. The molecule has 0 radical (unpaired) electrons. The van der Waals surface area contributed by atoms with E-state index in [-0.39, 0.29) is 24.4 Å². The lowest BCUT2D eigenvalue weighted by Crippen LogP contribution is -2.38. The topological polar surface area (TPSA) is 55.1 Å². The van der Waals surface area contributed by atoms with Crippen LogP contribution >= 0.6 is 24.2 Å². The highest BCUT2D eigenvalue weighted by atomic mass is 35.5. The number of nitrogens with two attached hydrogens (primary N) is 1. The fraction of sp³-hybridized carbons (Fsp3) is 0.500. The van der Waals surface area contributed by atoms with Gasteiger partial charge < -0.3 is 11.1 Å². The molecule has 1 aliphatic carbocycles. The van der Waals surface area contributed by atoms with Gasteiger partial charge in [0.2, 0.25) is 5.91 Å². The molecule has 1 aromatic rings. The van der Waals surface area contributed by atoms with Crippen molar-refractivity contribution < 1.29 is 4.79 Å². The summed E-state index contributed by atoms with van der Waals surface area (Å²) in [5, 5.41) is 2.91. The summed E-state index contributed by atoms with van der Waals surface area (Å²) >= 11 is 1.71. The molecule has 3 N–H and O–H groups in total. The second-order valence-corrected chi connectivity index (χ2v) is 5.89. The number of rotatable bonds is 7. The molecule has 0 bridgehead atoms. The predicted octanol–water partition coefficient (Wildman–Crippen LogP) is 2.44. The van der Waals surface area contributed by atoms with Crippen LogP contribution in [-0.2, 0) is 4.79 Å². The number of thioether (sulfide) groups is 1. The van der Waals surface area contributed by atoms with Crippen LogP contribution in [-0.4, -0.2) is 24.2 Å². The maximum Gasteiger partial charge on any atom is 0.220 e. The fourth-order valence-corrected chi connectivity index (χ4v) is 2.66. The van der Waals surface area contributed by atoms with E-state index in [4.69, 9.17) is 5.73 Å². The third-order valence-electron chi connectivity index (χ3n) is 3.10. The van der Waals surface area contributed by atoms with Crippen molar-refractivity contribution in [1.29, 1.82) is 0 Å². The standard InChI is InChI=1S/C14H20N2OS.ClH/c15-13(11-6-7-11)10-16-14(17)8-9-18-12-4-2-1-3-5-12;/h1-5,11,13H,6-10,15H2,(H,16,17);1H. The predicted molar refractivity (Wildman–Crippen MR) is 82.7 cm³/mol. The molecule has 19 heavy (non-hydrogen) atoms. The minimum Gasteiger partial charge on any atom is -0.355 e. The summed E-state index contributed by atoms with van der Waals surface area (Å²) in [5.41, 5.74) is 5.93. The Morgan fingerprint density at radius 3 is 2.68 bits per heavy atom. The van der Waals surface area contributed by atoms with Gasteiger partial charge in [-0.15, -0.1) is 24.2 Å². The number of carbonyl (C=O) groups excluding carboxylic acids is 1. The van der Waals surface area contributed by atoms with Crippen LogP contribution in [0.25, 0.3) is 0 Å². The van der Waals surface area contributed by atoms with Crippen LogP contribution < -0.4 is 11.1 Å². The molecular weight excluding hydrogens is 280 g/mol. The van der Waals surface area contributed by atoms with Crippen molar-refractivity contribution in [2.24, 2.45) is 11.7 Å². The summed E-state index contributed by atoms with van der Waals surface area (Å²) in [4.78, 5) is 12.8. The Kier molecular flexibility index (Phi) is 7.28. The molecule has 1 aromatic carbocycles. The molecule has 3 nitrogen and oxygen atoms in total. The van der Waals surface area contributed by atoms with Gasteiger partial charge in [0.15, 0.2) is 0 Å². The monoisotopic (exact) mass is 300 g/mol. The highest BCUT2D eigenvalue weighted by Crippen LogP contribution is 2.31. The number of carbonyl (C=O) groups is 1. The second kappa shape index (κ2) is 8.46. The number of nitrogens with one attached hydrogen (secondary N) is 1. The van der Waals surface area contributed by atoms with Gasteiger partial charge in [0.1, 0.15) is 0 Å². The van der Waals surface area contributed by atoms with Gasteiger partial charge >= 0.3 is 0 Å². The molecule has 0 aromatic heterocycles. The Morgan fingerprint density at radius 1 is 1.37 bits per heavy atom. The lowest BCUT2D eigenvalue weighted by Gasteiger charge is -2.11. The van der Waals surface area contributed by atoms with Crippen LogP contribution in [0.1, 0.15) is 19.3 Å². The smallest absolute Gasteiger partial charge is 0.220 e. The fourth-order valence-electron chi connectivity index (χ4n) is 1.79. The lowest BCUT2D eigenvalue weighted by atomic mass is 10.2. The van der Waals surface area contributed by atoms with Gasteiger partial charge in [0.05, 0.1) is 0 Å². The van der Waals surface area contributed by atoms with E-state index in [0.717, 1.165) is 5.75 Å². The molecule has 1 saturated carbocycles. The molecular formula is C14H21ClN2OS. The van der Waals surface area contributed by atoms with E-state index in [2.05, 4.69) is 17.4 Å². The molecule has 1 aliphatic rings. The van der Waals surface area contributed by atoms with Crippen LogP contribution in [0.15, 0.2) is 35.2 Å². The number of amides is 1. The minimum atomic E-state index is 0. The first-order valence-electron chi connectivity index (χ1n) is 6.46. The van der Waals surface area contributed by atoms with Crippen molar-refractivity contribution in [3.8, 4) is 0 Å². The normalized spacial score (nSPS) is 15.4. The van der Waals surface area contributed by atoms with Crippen LogP contribution in [0.2, 0.25) is 0 Å². The Morgan fingerprint density at radius 2 is 2.05 bits per heavy atom. The van der Waals surface area contributed by atoms with Crippen molar-refractivity contribution in [3.63, 3.8) is 0 Å². The van der Waals surface area contributed by atoms with Gasteiger partial charge in [-0.25, -0.2) is 0 Å². The second-order valence-electron chi connectivity index (χ2n) is 4.72. The number of benzene rings is 1. The molecule has 1 fully saturated rings. The highest BCUT2D eigenvalue weighted by molar-refractivity contribution is 7.99. The zero-order valence-corrected chi connectivity index (χ0v) is 12.5. The van der Waals surface area contributed by atoms with E-state index >= 15 is 0 Å². The maximum absolute atomic E-state index is 11.6. The largest absolute Gasteiger partial charge is 0.355 e. The molecule has 0 spiro atoms. The molecule has 1 atom stereocenters. The minimum absolute atomic E-state index is 0. The van der Waals surface area contributed by atoms with Crippen LogP contribution in [0.3, 0.4) is 0 Å². The number of hydrogen-bond acceptors (Lipinski definition) is 3. The zero-order valence-electron chi connectivity index (χ0n) is 10.9. The Balaban J connectivity index is 0.00000180. The molecule has 0 aliphatic heterocycles. The Hall–Kier alpha value is -0.710. The summed E-state index contributed by atoms with van der Waals surface area (Å²) < 4.78 is 0. The Labute approximate surface area is 125 Å². The first kappa shape index (κ1) is 16.3. The molecule has 5 heteroatoms. The van der Waals surface area contributed by atoms with Gasteiger partial charge in [0, 0.05) is 29.7 Å². The average Bonchev–Trinajstić information content (AvgIpc) is 3.21. The summed E-state index contributed by atoms with van der Waals surface area (Å²) in [7, 11) is 0. The van der Waals surface area contributed by atoms with E-state index in [0.29, 0.717) is 18.9 Å². The van der Waals surface area contributed by atoms with Crippen molar-refractivity contribution in [2.75, 3.05) is 12.3 Å². The van der Waals surface area contributed by atoms with E-state index in [1.807, 2.05) is 18.2 Å². The van der Waals surface area contributed by atoms with Gasteiger partial charge in [-0.2, -0.15) is 0 Å². The maximum atomic E-state index is 11.6. The highest BCUT2D eigenvalue weighted by Gasteiger charge is 2.28. The Bertz CT molecular complexity index is 384. The summed E-state index contributed by atoms with van der Waals surface area (Å²) in [5.74, 6) is 1.56. The summed E-state index contributed by atoms with van der Waals surface area (Å²) in [6.45, 7) is 0.625. The molecule has 106 valence electrons. The van der Waals surface area contributed by atoms with Crippen LogP contribution in [0.4, 0.5) is 0 Å². The van der Waals surface area contributed by atoms with E-state index in [9.17, 15) is 4.79 Å². The van der Waals surface area contributed by atoms with Crippen molar-refractivity contribution in [2.45, 2.75) is 30.2 Å². The van der Waals surface area contributed by atoms with Crippen molar-refractivity contribution in [3.05, 3.63) is 30.3 Å². The molecule has 1 amide bonds. The van der Waals surface area contributed by atoms with E-state index in [1.54, 1.807) is 11.8 Å². The van der Waals surface area contributed by atoms with Crippen LogP contribution in [0, 0.1) is 5.92 Å². The first-order valence-corrected chi connectivity index (χ1v) is 7.44. The molecule has 0 heterocycles. The van der Waals surface area contributed by atoms with Crippen LogP contribution in [0.5, 0.6) is 0 Å². The first-order chi connectivity index (χ1) is 8.75. The van der Waals surface area contributed by atoms with Gasteiger partial charge in [-0.05, 0) is 30.9 Å². The van der Waals surface area contributed by atoms with E-state index < -0.39 is 0 Å². The molecule has 0 saturated heterocycles. The van der Waals surface area contributed by atoms with E-state index in [1.165, 1.54) is 17.7 Å². The van der Waals surface area contributed by atoms with Gasteiger partial charge in [0.25, 0.3) is 0 Å². The molecule has 2 rings (SSSR count). The summed E-state index contributed by atoms with van der Waals surface area (Å²) in [6.07, 6.45) is 3.00. The zero-order chi connectivity index (χ0) is 12.8. The quantitative estimate of drug-likeness (QED) is 0.761. The van der Waals surface area contributed by atoms with Gasteiger partial charge in [-0.1, -0.05) is 18.2 Å². The number of hydrogen-bond donors (Lipinski definition) is 2. The number of halogens is 1. The molecule has 1 unspecified atom stereocenters. The lowest BCUT2D eigenvalue weighted by molar-refractivity contribution is -0.120. The van der Waals surface area contributed by atoms with Crippen molar-refractivity contribution in [1.82, 2.24) is 5.32 Å². The SMILES string of the molecule is Cl.NC(CNC(=O)CCSc1ccccc1)C1CC1. The van der Waals surface area contributed by atoms with Gasteiger partial charge in [-0.3, -0.25) is 4.79 Å². The third-order valence-corrected chi connectivity index (χ3v) is 4.12.